The van der Waals surface area contributed by atoms with Crippen LogP contribution in [0.2, 0.25) is 5.02 Å². The summed E-state index contributed by atoms with van der Waals surface area (Å²) in [5.41, 5.74) is 0.461. The molecule has 1 amide bonds. The van der Waals surface area contributed by atoms with Gasteiger partial charge >= 0.3 is 0 Å². The Morgan fingerprint density at radius 1 is 1.10 bits per heavy atom. The van der Waals surface area contributed by atoms with Crippen LogP contribution in [0.3, 0.4) is 0 Å². The van der Waals surface area contributed by atoms with Crippen molar-refractivity contribution in [1.82, 2.24) is 4.90 Å². The second-order valence-electron chi connectivity index (χ2n) is 7.59. The van der Waals surface area contributed by atoms with E-state index in [1.54, 1.807) is 11.9 Å². The Hall–Kier alpha value is -2.12. The van der Waals surface area contributed by atoms with E-state index in [0.29, 0.717) is 5.92 Å². The minimum Gasteiger partial charge on any atom is -0.339 e. The molecule has 1 fully saturated rings. The molecule has 3 rings (SSSR count). The summed E-state index contributed by atoms with van der Waals surface area (Å²) >= 11 is 6.12. The molecule has 1 saturated carbocycles. The van der Waals surface area contributed by atoms with Gasteiger partial charge in [-0.1, -0.05) is 18.5 Å². The smallest absolute Gasteiger partial charge is 0.263 e. The van der Waals surface area contributed by atoms with Gasteiger partial charge in [-0.05, 0) is 74.1 Å². The lowest BCUT2D eigenvalue weighted by Crippen LogP contribution is -2.39. The lowest BCUT2D eigenvalue weighted by Gasteiger charge is -2.33. The van der Waals surface area contributed by atoms with Gasteiger partial charge in [0.25, 0.3) is 15.9 Å². The predicted molar refractivity (Wildman–Crippen MR) is 112 cm³/mol. The van der Waals surface area contributed by atoms with E-state index in [2.05, 4.69) is 11.6 Å². The highest BCUT2D eigenvalue weighted by Gasteiger charge is 2.27. The van der Waals surface area contributed by atoms with Crippen LogP contribution in [0.5, 0.6) is 0 Å². The third-order valence-corrected chi connectivity index (χ3v) is 7.28. The highest BCUT2D eigenvalue weighted by atomic mass is 35.5. The zero-order valence-corrected chi connectivity index (χ0v) is 17.9. The van der Waals surface area contributed by atoms with E-state index in [4.69, 9.17) is 11.6 Å². The molecular formula is C21H24ClFN2O3S. The molecule has 2 aromatic rings. The summed E-state index contributed by atoms with van der Waals surface area (Å²) in [4.78, 5) is 14.4. The number of benzene rings is 2. The van der Waals surface area contributed by atoms with E-state index in [1.807, 2.05) is 0 Å². The molecule has 8 heteroatoms. The maximum atomic E-state index is 13.1. The number of nitrogens with zero attached hydrogens (tertiary/aromatic N) is 1. The molecule has 0 aromatic heterocycles. The summed E-state index contributed by atoms with van der Waals surface area (Å²) in [6.45, 7) is 2.21. The Kier molecular flexibility index (Phi) is 6.49. The van der Waals surface area contributed by atoms with Crippen molar-refractivity contribution in [2.75, 3.05) is 11.8 Å². The van der Waals surface area contributed by atoms with Gasteiger partial charge in [0.1, 0.15) is 10.7 Å². The Morgan fingerprint density at radius 2 is 1.72 bits per heavy atom. The van der Waals surface area contributed by atoms with Gasteiger partial charge in [0.2, 0.25) is 0 Å². The van der Waals surface area contributed by atoms with Gasteiger partial charge in [0.15, 0.2) is 0 Å². The monoisotopic (exact) mass is 438 g/mol. The third-order valence-electron chi connectivity index (χ3n) is 5.42. The van der Waals surface area contributed by atoms with Crippen molar-refractivity contribution in [2.45, 2.75) is 43.5 Å². The first-order valence-electron chi connectivity index (χ1n) is 9.52. The zero-order valence-electron chi connectivity index (χ0n) is 16.4. The molecule has 29 heavy (non-hydrogen) atoms. The van der Waals surface area contributed by atoms with Crippen LogP contribution in [-0.4, -0.2) is 32.3 Å². The molecule has 0 saturated heterocycles. The number of carbonyl (C=O) groups excluding carboxylic acids is 1. The fraction of sp³-hybridized carbons (Fsp3) is 0.381. The molecular weight excluding hydrogens is 415 g/mol. The topological polar surface area (TPSA) is 66.5 Å². The second kappa shape index (κ2) is 8.71. The Labute approximate surface area is 175 Å². The maximum Gasteiger partial charge on any atom is 0.263 e. The van der Waals surface area contributed by atoms with Crippen molar-refractivity contribution in [3.05, 3.63) is 58.9 Å². The molecule has 0 atom stereocenters. The van der Waals surface area contributed by atoms with Crippen LogP contribution in [-0.2, 0) is 10.0 Å². The van der Waals surface area contributed by atoms with E-state index in [9.17, 15) is 17.6 Å². The van der Waals surface area contributed by atoms with E-state index in [1.165, 1.54) is 30.3 Å². The minimum atomic E-state index is -4.05. The normalized spacial score (nSPS) is 19.6. The number of anilines is 1. The van der Waals surface area contributed by atoms with Crippen molar-refractivity contribution in [3.8, 4) is 0 Å². The molecule has 0 radical (unpaired) electrons. The van der Waals surface area contributed by atoms with Crippen LogP contribution >= 0.6 is 11.6 Å². The second-order valence-corrected chi connectivity index (χ2v) is 9.65. The van der Waals surface area contributed by atoms with E-state index in [0.717, 1.165) is 37.8 Å². The minimum absolute atomic E-state index is 0.00491. The van der Waals surface area contributed by atoms with Gasteiger partial charge in [-0.25, -0.2) is 12.8 Å². The number of hydrogen-bond donors (Lipinski definition) is 1. The maximum absolute atomic E-state index is 13.1. The summed E-state index contributed by atoms with van der Waals surface area (Å²) < 4.78 is 41.0. The number of rotatable bonds is 5. The van der Waals surface area contributed by atoms with Crippen molar-refractivity contribution in [1.29, 1.82) is 0 Å². The Balaban J connectivity index is 1.83. The van der Waals surface area contributed by atoms with Crippen molar-refractivity contribution < 1.29 is 17.6 Å². The fourth-order valence-corrected chi connectivity index (χ4v) is 5.16. The highest BCUT2D eigenvalue weighted by Crippen LogP contribution is 2.29. The third kappa shape index (κ3) is 5.08. The summed E-state index contributed by atoms with van der Waals surface area (Å²) in [5, 5.41) is 0.00491. The van der Waals surface area contributed by atoms with E-state index < -0.39 is 15.8 Å². The van der Waals surface area contributed by atoms with Crippen LogP contribution in [0.4, 0.5) is 10.1 Å². The summed E-state index contributed by atoms with van der Waals surface area (Å²) in [5.74, 6) is -0.0438. The van der Waals surface area contributed by atoms with E-state index >= 15 is 0 Å². The molecule has 0 heterocycles. The van der Waals surface area contributed by atoms with Crippen LogP contribution in [0.1, 0.15) is 43.0 Å². The van der Waals surface area contributed by atoms with Crippen LogP contribution in [0, 0.1) is 11.7 Å². The van der Waals surface area contributed by atoms with Gasteiger partial charge in [-0.3, -0.25) is 9.52 Å². The molecule has 1 aliphatic carbocycles. The van der Waals surface area contributed by atoms with Crippen LogP contribution in [0.15, 0.2) is 47.4 Å². The van der Waals surface area contributed by atoms with Gasteiger partial charge in [0.05, 0.1) is 5.02 Å². The van der Waals surface area contributed by atoms with Crippen molar-refractivity contribution in [3.63, 3.8) is 0 Å². The molecule has 0 unspecified atom stereocenters. The fourth-order valence-electron chi connectivity index (χ4n) is 3.57. The van der Waals surface area contributed by atoms with Gasteiger partial charge < -0.3 is 4.90 Å². The molecule has 2 aromatic carbocycles. The number of carbonyl (C=O) groups is 1. The van der Waals surface area contributed by atoms with Gasteiger partial charge in [-0.2, -0.15) is 0 Å². The first kappa shape index (κ1) is 21.6. The lowest BCUT2D eigenvalue weighted by atomic mass is 9.86. The quantitative estimate of drug-likeness (QED) is 0.719. The SMILES string of the molecule is CC1CCC(N(C)C(=O)c2ccc(Cl)c(S(=O)(=O)Nc3ccc(F)cc3)c2)CC1. The number of hydrogen-bond acceptors (Lipinski definition) is 3. The average molecular weight is 439 g/mol. The standard InChI is InChI=1S/C21H24ClFN2O3S/c1-14-3-10-18(11-4-14)25(2)21(26)15-5-12-19(22)20(13-15)29(27,28)24-17-8-6-16(23)7-9-17/h5-9,12-14,18,24H,3-4,10-11H2,1-2H3. The number of nitrogens with one attached hydrogen (secondary N) is 1. The first-order valence-corrected chi connectivity index (χ1v) is 11.4. The molecule has 1 aliphatic rings. The Bertz CT molecular complexity index is 987. The first-order chi connectivity index (χ1) is 13.7. The molecule has 0 bridgehead atoms. The molecule has 0 aliphatic heterocycles. The summed E-state index contributed by atoms with van der Waals surface area (Å²) in [6.07, 6.45) is 4.02. The number of sulfonamides is 1. The van der Waals surface area contributed by atoms with E-state index in [-0.39, 0.29) is 33.1 Å². The van der Waals surface area contributed by atoms with Crippen molar-refractivity contribution >= 4 is 33.2 Å². The summed E-state index contributed by atoms with van der Waals surface area (Å²) in [6, 6.07) is 9.30. The molecule has 5 nitrogen and oxygen atoms in total. The lowest BCUT2D eigenvalue weighted by molar-refractivity contribution is 0.0679. The van der Waals surface area contributed by atoms with Gasteiger partial charge in [0, 0.05) is 24.3 Å². The highest BCUT2D eigenvalue weighted by molar-refractivity contribution is 7.92. The Morgan fingerprint density at radius 3 is 2.34 bits per heavy atom. The van der Waals surface area contributed by atoms with Crippen molar-refractivity contribution in [2.24, 2.45) is 5.92 Å². The number of halogens is 2. The average Bonchev–Trinajstić information content (AvgIpc) is 2.69. The molecule has 156 valence electrons. The largest absolute Gasteiger partial charge is 0.339 e. The molecule has 0 spiro atoms. The zero-order chi connectivity index (χ0) is 21.2. The van der Waals surface area contributed by atoms with Crippen LogP contribution in [0.25, 0.3) is 0 Å². The van der Waals surface area contributed by atoms with Gasteiger partial charge in [-0.15, -0.1) is 0 Å². The molecule has 1 N–H and O–H groups in total. The number of amides is 1. The predicted octanol–water partition coefficient (Wildman–Crippen LogP) is 4.93. The summed E-state index contributed by atoms with van der Waals surface area (Å²) in [7, 11) is -2.29. The van der Waals surface area contributed by atoms with Crippen LogP contribution < -0.4 is 4.72 Å².